The molecule has 3 atom stereocenters. The molecule has 0 amide bonds. The second-order valence-electron chi connectivity index (χ2n) is 7.58. The van der Waals surface area contributed by atoms with Gasteiger partial charge < -0.3 is 40.2 Å². The van der Waals surface area contributed by atoms with Gasteiger partial charge in [0, 0.05) is 6.20 Å². The topological polar surface area (TPSA) is 241 Å². The minimum absolute atomic E-state index is 0.0111. The summed E-state index contributed by atoms with van der Waals surface area (Å²) in [5, 5.41) is 18.0. The molecule has 1 unspecified atom stereocenters. The van der Waals surface area contributed by atoms with Crippen molar-refractivity contribution in [1.82, 2.24) is 29.1 Å². The van der Waals surface area contributed by atoms with Gasteiger partial charge >= 0.3 is 13.3 Å². The van der Waals surface area contributed by atoms with Gasteiger partial charge in [-0.2, -0.15) is 4.98 Å². The van der Waals surface area contributed by atoms with Crippen molar-refractivity contribution in [3.63, 3.8) is 0 Å². The fourth-order valence-corrected chi connectivity index (χ4v) is 3.67. The normalized spacial score (nSPS) is 18.9. The maximum atomic E-state index is 11.5. The number of fused-ring (bicyclic) bond motifs is 1. The van der Waals surface area contributed by atoms with Crippen molar-refractivity contribution in [3.05, 3.63) is 45.8 Å². The number of imidazole rings is 1. The molecule has 0 spiro atoms. The number of aromatic nitrogens is 6. The van der Waals surface area contributed by atoms with E-state index < -0.39 is 32.3 Å². The first-order chi connectivity index (χ1) is 16.6. The molecule has 0 radical (unpaired) electrons. The Morgan fingerprint density at radius 1 is 1.29 bits per heavy atom. The summed E-state index contributed by atoms with van der Waals surface area (Å²) in [4.78, 5) is 54.2. The van der Waals surface area contributed by atoms with Crippen LogP contribution in [0.2, 0.25) is 0 Å². The standard InChI is InChI=1S/C10H12N4O3.C8H14N3O6P/c15-3-6-1-2-7(17-6)14-5-13-8-9(14)11-4-12-10(8)16;9-7-1-2-11(8(13)10-7)3-6(4-12)17-5-18(14,15)16/h4-7,15H,1-3H2,(H,11,12,16);1-2,6,12H,3-5H2,(H2,9,10,13)(H2,14,15,16)/t6-,7+;/m0./s1. The third kappa shape index (κ3) is 7.25. The molecule has 0 aliphatic carbocycles. The molecule has 16 nitrogen and oxygen atoms in total. The van der Waals surface area contributed by atoms with Crippen molar-refractivity contribution in [2.75, 3.05) is 25.3 Å². The summed E-state index contributed by atoms with van der Waals surface area (Å²) in [5.41, 5.74) is 5.23. The van der Waals surface area contributed by atoms with Crippen LogP contribution in [0.3, 0.4) is 0 Å². The van der Waals surface area contributed by atoms with Crippen molar-refractivity contribution in [2.45, 2.75) is 37.8 Å². The van der Waals surface area contributed by atoms with E-state index >= 15 is 0 Å². The molecule has 17 heteroatoms. The average molecular weight is 515 g/mol. The lowest BCUT2D eigenvalue weighted by Crippen LogP contribution is -2.32. The number of nitrogens with one attached hydrogen (secondary N) is 1. The van der Waals surface area contributed by atoms with Gasteiger partial charge in [-0.05, 0) is 18.9 Å². The third-order valence-electron chi connectivity index (χ3n) is 4.94. The molecule has 4 rings (SSSR count). The van der Waals surface area contributed by atoms with Crippen LogP contribution in [0.5, 0.6) is 0 Å². The summed E-state index contributed by atoms with van der Waals surface area (Å²) >= 11 is 0. The maximum Gasteiger partial charge on any atom is 0.350 e. The van der Waals surface area contributed by atoms with E-state index in [-0.39, 0.29) is 36.9 Å². The Kier molecular flexibility index (Phi) is 8.85. The number of ether oxygens (including phenoxy) is 2. The number of nitrogens with zero attached hydrogens (tertiary/aromatic N) is 5. The minimum Gasteiger partial charge on any atom is -0.394 e. The van der Waals surface area contributed by atoms with Crippen LogP contribution in [0.25, 0.3) is 11.2 Å². The van der Waals surface area contributed by atoms with Crippen molar-refractivity contribution in [1.29, 1.82) is 0 Å². The number of nitrogen functional groups attached to an aromatic ring is 1. The van der Waals surface area contributed by atoms with Crippen LogP contribution in [0, 0.1) is 0 Å². The number of hydrogen-bond donors (Lipinski definition) is 6. The van der Waals surface area contributed by atoms with Gasteiger partial charge in [0.2, 0.25) is 0 Å². The summed E-state index contributed by atoms with van der Waals surface area (Å²) in [5.74, 6) is 0.0629. The van der Waals surface area contributed by atoms with Gasteiger partial charge in [-0.3, -0.25) is 18.5 Å². The predicted molar refractivity (Wildman–Crippen MR) is 120 cm³/mol. The van der Waals surface area contributed by atoms with Gasteiger partial charge in [0.25, 0.3) is 5.56 Å². The van der Waals surface area contributed by atoms with E-state index in [2.05, 4.69) is 19.9 Å². The SMILES string of the molecule is Nc1ccn(CC(CO)OCP(=O)(O)O)c(=O)n1.O=c1[nH]cnc2c1ncn2[C@H]1CC[C@@H](CO)O1. The number of nitrogens with two attached hydrogens (primary N) is 1. The number of aliphatic hydroxyl groups is 2. The molecule has 3 aromatic rings. The van der Waals surface area contributed by atoms with Crippen LogP contribution in [0.15, 0.2) is 34.5 Å². The fraction of sp³-hybridized carbons (Fsp3) is 0.500. The van der Waals surface area contributed by atoms with Crippen LogP contribution in [-0.2, 0) is 20.6 Å². The molecule has 0 saturated carbocycles. The van der Waals surface area contributed by atoms with Gasteiger partial charge in [-0.25, -0.2) is 14.8 Å². The average Bonchev–Trinajstić information content (AvgIpc) is 3.45. The van der Waals surface area contributed by atoms with Gasteiger partial charge in [-0.1, -0.05) is 0 Å². The number of rotatable bonds is 8. The Balaban J connectivity index is 0.000000196. The van der Waals surface area contributed by atoms with E-state index in [1.165, 1.54) is 18.6 Å². The zero-order chi connectivity index (χ0) is 25.6. The second-order valence-corrected chi connectivity index (χ2v) is 9.17. The number of aliphatic hydroxyl groups excluding tert-OH is 2. The van der Waals surface area contributed by atoms with Gasteiger partial charge in [0.15, 0.2) is 11.2 Å². The molecule has 0 bridgehead atoms. The van der Waals surface area contributed by atoms with Gasteiger partial charge in [0.05, 0.1) is 44.6 Å². The second kappa shape index (κ2) is 11.6. The molecule has 1 aliphatic rings. The monoisotopic (exact) mass is 515 g/mol. The Morgan fingerprint density at radius 3 is 2.69 bits per heavy atom. The van der Waals surface area contributed by atoms with E-state index in [0.717, 1.165) is 17.4 Å². The molecule has 1 fully saturated rings. The Hall–Kier alpha value is -2.98. The number of anilines is 1. The highest BCUT2D eigenvalue weighted by Crippen LogP contribution is 2.34. The molecular weight excluding hydrogens is 489 g/mol. The van der Waals surface area contributed by atoms with Crippen molar-refractivity contribution >= 4 is 24.6 Å². The predicted octanol–water partition coefficient (Wildman–Crippen LogP) is -1.87. The van der Waals surface area contributed by atoms with E-state index in [1.807, 2.05) is 0 Å². The quantitative estimate of drug-likeness (QED) is 0.180. The molecular formula is C18H26N7O9P. The zero-order valence-corrected chi connectivity index (χ0v) is 19.3. The number of hydrogen-bond acceptors (Lipinski definition) is 11. The van der Waals surface area contributed by atoms with E-state index in [9.17, 15) is 14.2 Å². The van der Waals surface area contributed by atoms with Gasteiger partial charge in [-0.15, -0.1) is 0 Å². The highest BCUT2D eigenvalue weighted by atomic mass is 31.2. The van der Waals surface area contributed by atoms with Crippen LogP contribution < -0.4 is 17.0 Å². The molecule has 0 aromatic carbocycles. The lowest BCUT2D eigenvalue weighted by Gasteiger charge is -2.16. The van der Waals surface area contributed by atoms with E-state index in [4.69, 9.17) is 35.2 Å². The fourth-order valence-electron chi connectivity index (χ4n) is 3.27. The largest absolute Gasteiger partial charge is 0.394 e. The molecule has 1 aliphatic heterocycles. The van der Waals surface area contributed by atoms with Crippen molar-refractivity contribution in [2.24, 2.45) is 0 Å². The summed E-state index contributed by atoms with van der Waals surface area (Å²) in [7, 11) is -4.31. The van der Waals surface area contributed by atoms with Crippen LogP contribution in [0.4, 0.5) is 5.82 Å². The van der Waals surface area contributed by atoms with Crippen LogP contribution in [-0.4, -0.2) is 80.8 Å². The zero-order valence-electron chi connectivity index (χ0n) is 18.4. The van der Waals surface area contributed by atoms with Crippen LogP contribution >= 0.6 is 7.60 Å². The Labute approximate surface area is 197 Å². The van der Waals surface area contributed by atoms with E-state index in [1.54, 1.807) is 10.9 Å². The van der Waals surface area contributed by atoms with E-state index in [0.29, 0.717) is 11.2 Å². The first kappa shape index (κ1) is 26.6. The summed E-state index contributed by atoms with van der Waals surface area (Å²) in [6.07, 6.45) is 3.75. The smallest absolute Gasteiger partial charge is 0.350 e. The maximum absolute atomic E-state index is 11.5. The number of aromatic amines is 1. The first-order valence-electron chi connectivity index (χ1n) is 10.4. The molecule has 1 saturated heterocycles. The summed E-state index contributed by atoms with van der Waals surface area (Å²) < 4.78 is 23.9. The van der Waals surface area contributed by atoms with Crippen LogP contribution in [0.1, 0.15) is 19.1 Å². The summed E-state index contributed by atoms with van der Waals surface area (Å²) in [6, 6.07) is 1.39. The highest BCUT2D eigenvalue weighted by molar-refractivity contribution is 7.51. The Bertz CT molecular complexity index is 1290. The minimum atomic E-state index is -4.31. The molecule has 4 heterocycles. The summed E-state index contributed by atoms with van der Waals surface area (Å²) in [6.45, 7) is -0.559. The molecule has 3 aromatic heterocycles. The third-order valence-corrected chi connectivity index (χ3v) is 5.43. The molecule has 35 heavy (non-hydrogen) atoms. The lowest BCUT2D eigenvalue weighted by atomic mass is 10.2. The number of H-pyrrole nitrogens is 1. The molecule has 7 N–H and O–H groups in total. The lowest BCUT2D eigenvalue weighted by molar-refractivity contribution is -0.0207. The van der Waals surface area contributed by atoms with Gasteiger partial charge in [0.1, 0.15) is 18.4 Å². The highest BCUT2D eigenvalue weighted by Gasteiger charge is 2.27. The molecule has 192 valence electrons. The van der Waals surface area contributed by atoms with Crippen molar-refractivity contribution < 1.29 is 34.0 Å². The Morgan fingerprint density at radius 2 is 2.06 bits per heavy atom. The first-order valence-corrected chi connectivity index (χ1v) is 12.2. The van der Waals surface area contributed by atoms with Crippen molar-refractivity contribution in [3.8, 4) is 0 Å².